The molecule has 4 heteroatoms. The Morgan fingerprint density at radius 2 is 2.50 bits per heavy atom. The van der Waals surface area contributed by atoms with Crippen LogP contribution in [0.2, 0.25) is 0 Å². The number of hydrogen-bond acceptors (Lipinski definition) is 3. The van der Waals surface area contributed by atoms with Crippen LogP contribution >= 0.6 is 0 Å². The van der Waals surface area contributed by atoms with Gasteiger partial charge in [0.2, 0.25) is 0 Å². The van der Waals surface area contributed by atoms with E-state index in [-0.39, 0.29) is 5.76 Å². The van der Waals surface area contributed by atoms with Gasteiger partial charge in [-0.15, -0.1) is 0 Å². The topological polar surface area (TPSA) is 72.0 Å². The Bertz CT molecular complexity index is 326. The summed E-state index contributed by atoms with van der Waals surface area (Å²) in [7, 11) is 0. The van der Waals surface area contributed by atoms with Crippen LogP contribution in [0.25, 0.3) is 0 Å². The molecule has 0 aromatic carbocycles. The summed E-state index contributed by atoms with van der Waals surface area (Å²) in [6.45, 7) is 0.652. The van der Waals surface area contributed by atoms with E-state index >= 15 is 0 Å². The maximum atomic E-state index is 10.8. The minimum absolute atomic E-state index is 0.332. The number of fused-ring (bicyclic) bond motifs is 1. The van der Waals surface area contributed by atoms with Gasteiger partial charge in [0, 0.05) is 5.92 Å². The van der Waals surface area contributed by atoms with Crippen molar-refractivity contribution in [1.82, 2.24) is 4.98 Å². The molecule has 0 bridgehead atoms. The largest absolute Gasteiger partial charge is 0.416 e. The van der Waals surface area contributed by atoms with Gasteiger partial charge in [-0.3, -0.25) is 4.98 Å². The Hall–Kier alpha value is -1.03. The maximum absolute atomic E-state index is 10.8. The second kappa shape index (κ2) is 2.79. The van der Waals surface area contributed by atoms with Crippen molar-refractivity contribution in [2.45, 2.75) is 25.2 Å². The molecule has 2 rings (SSSR count). The molecule has 0 aliphatic heterocycles. The number of nitrogens with two attached hydrogens (primary N) is 1. The predicted molar refractivity (Wildman–Crippen MR) is 44.1 cm³/mol. The van der Waals surface area contributed by atoms with Crippen LogP contribution in [0.5, 0.6) is 0 Å². The molecule has 1 atom stereocenters. The van der Waals surface area contributed by atoms with Crippen LogP contribution in [0.15, 0.2) is 9.21 Å². The Kier molecular flexibility index (Phi) is 1.77. The first kappa shape index (κ1) is 7.61. The maximum Gasteiger partial charge on any atom is 0.416 e. The lowest BCUT2D eigenvalue weighted by Crippen LogP contribution is -2.05. The second-order valence-electron chi connectivity index (χ2n) is 3.17. The Balaban J connectivity index is 2.28. The first-order valence-corrected chi connectivity index (χ1v) is 4.23. The fourth-order valence-electron chi connectivity index (χ4n) is 1.81. The first-order valence-electron chi connectivity index (χ1n) is 4.23. The molecule has 1 unspecified atom stereocenters. The molecule has 1 heterocycles. The molecule has 12 heavy (non-hydrogen) atoms. The van der Waals surface area contributed by atoms with Crippen molar-refractivity contribution in [1.29, 1.82) is 0 Å². The number of rotatable bonds is 2. The number of nitrogens with one attached hydrogen (secondary N) is 1. The van der Waals surface area contributed by atoms with Crippen LogP contribution in [0.3, 0.4) is 0 Å². The van der Waals surface area contributed by atoms with Gasteiger partial charge in [-0.05, 0) is 25.8 Å². The third kappa shape index (κ3) is 1.08. The van der Waals surface area contributed by atoms with E-state index in [2.05, 4.69) is 4.98 Å². The number of H-pyrrole nitrogens is 1. The Morgan fingerprint density at radius 1 is 1.67 bits per heavy atom. The molecule has 1 aliphatic carbocycles. The van der Waals surface area contributed by atoms with Crippen LogP contribution < -0.4 is 11.5 Å². The second-order valence-corrected chi connectivity index (χ2v) is 3.17. The molecule has 0 fully saturated rings. The summed E-state index contributed by atoms with van der Waals surface area (Å²) in [4.78, 5) is 13.5. The van der Waals surface area contributed by atoms with Crippen molar-refractivity contribution in [3.05, 3.63) is 22.0 Å². The van der Waals surface area contributed by atoms with Gasteiger partial charge in [0.15, 0.2) is 0 Å². The Labute approximate surface area is 69.8 Å². The summed E-state index contributed by atoms with van der Waals surface area (Å²) < 4.78 is 5.02. The fraction of sp³-hybridized carbons (Fsp3) is 0.625. The van der Waals surface area contributed by atoms with Crippen LogP contribution in [0, 0.1) is 0 Å². The quantitative estimate of drug-likeness (QED) is 0.669. The molecule has 0 saturated carbocycles. The molecule has 0 radical (unpaired) electrons. The number of aromatic nitrogens is 1. The van der Waals surface area contributed by atoms with Crippen molar-refractivity contribution in [3.63, 3.8) is 0 Å². The van der Waals surface area contributed by atoms with Gasteiger partial charge in [-0.25, -0.2) is 4.79 Å². The van der Waals surface area contributed by atoms with E-state index in [4.69, 9.17) is 10.2 Å². The minimum atomic E-state index is -0.332. The van der Waals surface area contributed by atoms with E-state index in [1.165, 1.54) is 0 Å². The summed E-state index contributed by atoms with van der Waals surface area (Å²) in [5.74, 6) is 0.871. The summed E-state index contributed by atoms with van der Waals surface area (Å²) in [5, 5.41) is 0. The van der Waals surface area contributed by atoms with Gasteiger partial charge in [-0.1, -0.05) is 0 Å². The normalized spacial score (nSPS) is 21.2. The summed E-state index contributed by atoms with van der Waals surface area (Å²) in [5.41, 5.74) is 6.41. The van der Waals surface area contributed by atoms with Gasteiger partial charge in [0.05, 0.1) is 5.69 Å². The molecule has 1 aromatic rings. The number of hydrogen-bond donors (Lipinski definition) is 2. The Morgan fingerprint density at radius 3 is 3.25 bits per heavy atom. The molecule has 66 valence electrons. The molecule has 1 aromatic heterocycles. The van der Waals surface area contributed by atoms with E-state index < -0.39 is 0 Å². The molecule has 0 amide bonds. The number of aromatic amines is 1. The highest BCUT2D eigenvalue weighted by atomic mass is 16.4. The number of oxazole rings is 1. The molecular weight excluding hydrogens is 156 g/mol. The standard InChI is InChI=1S/C8H12N2O2/c9-4-3-5-1-2-6-7(5)12-8(11)10-6/h5H,1-4,9H2,(H,10,11). The van der Waals surface area contributed by atoms with Gasteiger partial charge < -0.3 is 10.2 Å². The molecule has 0 spiro atoms. The monoisotopic (exact) mass is 168 g/mol. The fourth-order valence-corrected chi connectivity index (χ4v) is 1.81. The SMILES string of the molecule is NCCC1CCc2[nH]c(=O)oc21. The average Bonchev–Trinajstić information content (AvgIpc) is 2.52. The summed E-state index contributed by atoms with van der Waals surface area (Å²) >= 11 is 0. The van der Waals surface area contributed by atoms with E-state index in [0.29, 0.717) is 12.5 Å². The van der Waals surface area contributed by atoms with Gasteiger partial charge in [-0.2, -0.15) is 0 Å². The van der Waals surface area contributed by atoms with E-state index in [0.717, 1.165) is 30.7 Å². The van der Waals surface area contributed by atoms with Crippen LogP contribution in [0.4, 0.5) is 0 Å². The van der Waals surface area contributed by atoms with Crippen molar-refractivity contribution in [2.24, 2.45) is 5.73 Å². The van der Waals surface area contributed by atoms with E-state index in [1.807, 2.05) is 0 Å². The third-order valence-electron chi connectivity index (χ3n) is 2.38. The lowest BCUT2D eigenvalue weighted by Gasteiger charge is -2.03. The van der Waals surface area contributed by atoms with Gasteiger partial charge in [0.1, 0.15) is 5.76 Å². The van der Waals surface area contributed by atoms with Gasteiger partial charge >= 0.3 is 5.76 Å². The molecular formula is C8H12N2O2. The smallest absolute Gasteiger partial charge is 0.412 e. The van der Waals surface area contributed by atoms with Crippen molar-refractivity contribution < 1.29 is 4.42 Å². The zero-order chi connectivity index (χ0) is 8.55. The first-order chi connectivity index (χ1) is 5.81. The molecule has 3 N–H and O–H groups in total. The lowest BCUT2D eigenvalue weighted by molar-refractivity contribution is 0.425. The van der Waals surface area contributed by atoms with Crippen LogP contribution in [-0.4, -0.2) is 11.5 Å². The minimum Gasteiger partial charge on any atom is -0.412 e. The predicted octanol–water partition coefficient (Wildman–Crippen LogP) is 0.347. The summed E-state index contributed by atoms with van der Waals surface area (Å²) in [6.07, 6.45) is 2.89. The van der Waals surface area contributed by atoms with E-state index in [9.17, 15) is 4.79 Å². The van der Waals surface area contributed by atoms with Crippen molar-refractivity contribution >= 4 is 0 Å². The highest BCUT2D eigenvalue weighted by Gasteiger charge is 2.26. The molecule has 0 saturated heterocycles. The number of aryl methyl sites for hydroxylation is 1. The average molecular weight is 168 g/mol. The van der Waals surface area contributed by atoms with Crippen molar-refractivity contribution in [2.75, 3.05) is 6.54 Å². The highest BCUT2D eigenvalue weighted by Crippen LogP contribution is 2.32. The van der Waals surface area contributed by atoms with Crippen LogP contribution in [-0.2, 0) is 6.42 Å². The molecule has 1 aliphatic rings. The van der Waals surface area contributed by atoms with E-state index in [1.54, 1.807) is 0 Å². The van der Waals surface area contributed by atoms with Crippen molar-refractivity contribution in [3.8, 4) is 0 Å². The zero-order valence-electron chi connectivity index (χ0n) is 6.80. The summed E-state index contributed by atoms with van der Waals surface area (Å²) in [6, 6.07) is 0. The lowest BCUT2D eigenvalue weighted by atomic mass is 10.0. The zero-order valence-corrected chi connectivity index (χ0v) is 6.80. The van der Waals surface area contributed by atoms with Crippen LogP contribution in [0.1, 0.15) is 30.2 Å². The highest BCUT2D eigenvalue weighted by molar-refractivity contribution is 5.19. The van der Waals surface area contributed by atoms with Gasteiger partial charge in [0.25, 0.3) is 0 Å². The third-order valence-corrected chi connectivity index (χ3v) is 2.38. The molecule has 4 nitrogen and oxygen atoms in total.